The molecule has 518 valence electrons. The van der Waals surface area contributed by atoms with Crippen molar-refractivity contribution in [1.82, 2.24) is 19.9 Å². The molecule has 0 spiro atoms. The van der Waals surface area contributed by atoms with Crippen LogP contribution in [0.3, 0.4) is 0 Å². The number of benzene rings is 5. The van der Waals surface area contributed by atoms with Gasteiger partial charge in [0.15, 0.2) is 0 Å². The molecule has 1 aliphatic carbocycles. The van der Waals surface area contributed by atoms with Crippen LogP contribution in [-0.4, -0.2) is 52.2 Å². The van der Waals surface area contributed by atoms with E-state index in [9.17, 15) is 5.26 Å². The molecule has 0 N–H and O–H groups in total. The second-order valence-electron chi connectivity index (χ2n) is 30.0. The summed E-state index contributed by atoms with van der Waals surface area (Å²) < 4.78 is 0. The first-order chi connectivity index (χ1) is 44.4. The second-order valence-corrected chi connectivity index (χ2v) is 50.2. The van der Waals surface area contributed by atoms with Gasteiger partial charge in [0, 0.05) is 129 Å². The predicted octanol–water partition coefficient (Wildman–Crippen LogP) is 18.7. The first-order valence-electron chi connectivity index (χ1n) is 33.2. The molecule has 0 unspecified atom stereocenters. The quantitative estimate of drug-likeness (QED) is 0.0728. The summed E-state index contributed by atoms with van der Waals surface area (Å²) in [5, 5.41) is 42.0. The van der Waals surface area contributed by atoms with Gasteiger partial charge in [-0.25, -0.2) is 21.0 Å². The van der Waals surface area contributed by atoms with Gasteiger partial charge >= 0.3 is 0 Å². The molecule has 98 heavy (non-hydrogen) atoms. The second kappa shape index (κ2) is 38.8. The van der Waals surface area contributed by atoms with Crippen LogP contribution in [0, 0.1) is 81.4 Å². The molecular formula is C82H94Ir4N8Si4-4. The van der Waals surface area contributed by atoms with Gasteiger partial charge in [0.2, 0.25) is 0 Å². The zero-order chi connectivity index (χ0) is 68.7. The zero-order valence-electron chi connectivity index (χ0n) is 60.3. The average molecular weight is 2070 g/mol. The summed E-state index contributed by atoms with van der Waals surface area (Å²) in [6, 6.07) is 63.1. The molecule has 4 aromatic heterocycles. The summed E-state index contributed by atoms with van der Waals surface area (Å²) in [5.41, 5.74) is 17.6. The zero-order valence-corrected chi connectivity index (χ0v) is 73.9. The van der Waals surface area contributed by atoms with Crippen molar-refractivity contribution >= 4 is 53.0 Å². The first-order valence-corrected chi connectivity index (χ1v) is 47.2. The molecule has 16 heteroatoms. The van der Waals surface area contributed by atoms with Crippen LogP contribution in [0.5, 0.6) is 0 Å². The Morgan fingerprint density at radius 3 is 1.39 bits per heavy atom. The molecule has 5 aromatic carbocycles. The Bertz CT molecular complexity index is 4210. The van der Waals surface area contributed by atoms with Gasteiger partial charge in [-0.1, -0.05) is 216 Å². The summed E-state index contributed by atoms with van der Waals surface area (Å²) in [6.07, 6.45) is 13.6. The topological polar surface area (TPSA) is 147 Å². The number of pyridine rings is 4. The third kappa shape index (κ3) is 24.2. The van der Waals surface area contributed by atoms with Gasteiger partial charge < -0.3 is 19.9 Å². The minimum absolute atomic E-state index is 0. The van der Waals surface area contributed by atoms with Crippen molar-refractivity contribution in [1.29, 1.82) is 21.0 Å². The molecule has 10 rings (SSSR count). The molecule has 1 fully saturated rings. The number of nitriles is 4. The molecule has 0 bridgehead atoms. The molecule has 0 aliphatic heterocycles. The summed E-state index contributed by atoms with van der Waals surface area (Å²) in [7, 11) is -5.63. The van der Waals surface area contributed by atoms with E-state index in [1.807, 2.05) is 79.0 Å². The smallest absolute Gasteiger partial charge is 0.0799 e. The van der Waals surface area contributed by atoms with E-state index in [1.165, 1.54) is 68.8 Å². The Hall–Kier alpha value is -5.88. The number of rotatable bonds is 15. The molecule has 1 saturated carbocycles. The molecule has 0 amide bonds. The van der Waals surface area contributed by atoms with Crippen molar-refractivity contribution < 1.29 is 80.4 Å². The van der Waals surface area contributed by atoms with Crippen LogP contribution in [0.1, 0.15) is 124 Å². The molecule has 1 aliphatic rings. The largest absolute Gasteiger partial charge is 0.305 e. The van der Waals surface area contributed by atoms with Crippen LogP contribution in [-0.2, 0) is 93.3 Å². The average Bonchev–Trinajstić information content (AvgIpc) is 1.02. The normalized spacial score (nSPS) is 12.0. The van der Waals surface area contributed by atoms with Crippen LogP contribution >= 0.6 is 0 Å². The first kappa shape index (κ1) is 86.3. The van der Waals surface area contributed by atoms with E-state index in [0.717, 1.165) is 69.0 Å². The third-order valence-electron chi connectivity index (χ3n) is 16.8. The van der Waals surface area contributed by atoms with Crippen molar-refractivity contribution in [2.75, 3.05) is 0 Å². The fourth-order valence-corrected chi connectivity index (χ4v) is 17.7. The van der Waals surface area contributed by atoms with Gasteiger partial charge in [0.05, 0.1) is 32.3 Å². The summed E-state index contributed by atoms with van der Waals surface area (Å²) in [6.45, 7) is 41.8. The van der Waals surface area contributed by atoms with Crippen molar-refractivity contribution in [2.45, 2.75) is 170 Å². The van der Waals surface area contributed by atoms with Gasteiger partial charge in [-0.15, -0.1) is 113 Å². The van der Waals surface area contributed by atoms with E-state index in [1.54, 1.807) is 24.3 Å². The van der Waals surface area contributed by atoms with Gasteiger partial charge in [-0.2, -0.15) is 0 Å². The molecule has 4 radical (unpaired) electrons. The van der Waals surface area contributed by atoms with E-state index in [-0.39, 0.29) is 80.4 Å². The van der Waals surface area contributed by atoms with E-state index in [0.29, 0.717) is 45.9 Å². The Morgan fingerprint density at radius 1 is 0.449 bits per heavy atom. The maximum absolute atomic E-state index is 9.53. The van der Waals surface area contributed by atoms with E-state index >= 15 is 0 Å². The molecule has 4 heterocycles. The minimum atomic E-state index is -1.46. The SMILES string of the molecule is CC(C)Cc1cc(-c2[c-]cc(C#N)c(-c3ccccc3)c2)ncc1[Si](C)(C)C.CC(C)Cc1cc([Si](C)(C)C)cnc1-c1[c-]cc(C#N)cc1.CC(C)c1nc(-c2[c-]cc(C#N)cc2)ccc1[Si](C)(C)C.C[Si](C)(C)c1cnc(-c2[c-]cc(C#N)cc2)cc1C1CCCC1.[Ir].[Ir].[Ir].[Ir]. The van der Waals surface area contributed by atoms with Crippen LogP contribution in [0.2, 0.25) is 78.6 Å². The summed E-state index contributed by atoms with van der Waals surface area (Å²) >= 11 is 0. The fraction of sp³-hybridized carbons (Fsp3) is 0.341. The Morgan fingerprint density at radius 2 is 0.929 bits per heavy atom. The fourth-order valence-electron chi connectivity index (χ4n) is 11.7. The number of nitrogens with zero attached hydrogens (tertiary/aromatic N) is 8. The number of hydrogen-bond donors (Lipinski definition) is 0. The Labute approximate surface area is 645 Å². The van der Waals surface area contributed by atoms with Crippen LogP contribution in [0.4, 0.5) is 0 Å². The van der Waals surface area contributed by atoms with Gasteiger partial charge in [-0.3, -0.25) is 0 Å². The molecule has 0 atom stereocenters. The molecular weight excluding hydrogens is 1980 g/mol. The monoisotopic (exact) mass is 2070 g/mol. The molecule has 9 aromatic rings. The molecule has 8 nitrogen and oxygen atoms in total. The van der Waals surface area contributed by atoms with E-state index in [4.69, 9.17) is 35.7 Å². The Kier molecular flexibility index (Phi) is 34.2. The maximum Gasteiger partial charge on any atom is 0.0799 e. The predicted molar refractivity (Wildman–Crippen MR) is 403 cm³/mol. The van der Waals surface area contributed by atoms with Gasteiger partial charge in [0.1, 0.15) is 0 Å². The van der Waals surface area contributed by atoms with Crippen molar-refractivity contribution in [2.24, 2.45) is 11.8 Å². The van der Waals surface area contributed by atoms with Crippen LogP contribution < -0.4 is 20.7 Å². The third-order valence-corrected chi connectivity index (χ3v) is 24.9. The molecule has 0 saturated heterocycles. The van der Waals surface area contributed by atoms with E-state index < -0.39 is 32.3 Å². The van der Waals surface area contributed by atoms with Crippen molar-refractivity contribution in [3.05, 3.63) is 215 Å². The summed E-state index contributed by atoms with van der Waals surface area (Å²) in [5.74, 6) is 2.27. The van der Waals surface area contributed by atoms with Gasteiger partial charge in [-0.05, 0) is 121 Å². The van der Waals surface area contributed by atoms with Crippen LogP contribution in [0.25, 0.3) is 56.2 Å². The standard InChI is InChI=1S/C25H27N2Si.C20H23N2Si.C19H23N2Si.C18H21N2Si.4Ir/c1-18(2)13-22-15-24(27-17-25(22)28(3,4)5)20-11-12-21(16-26)23(14-20)19-9-7-6-8-10-19;1-23(2,3)20-14-22-19(12-18(20)16-6-4-5-7-16)17-10-8-15(13-21)9-11-17;1-14(2)10-17-11-18(22(3,4)5)13-21-19(17)16-8-6-15(12-20)7-9-16;1-13(2)18-17(21(3,4)5)11-10-16(20-18)15-8-6-14(12-19)7-9-15;;;;/h6-10,12,14-15,17-18H,13H2,1-5H3;8-10,12,14,16H,4-7H2,1-3H3;6-8,11,13-14H,10H2,1-5H3;6-8,10-11,13H,1-5H3;;;;/q4*-1;;;;. The maximum atomic E-state index is 9.53. The Balaban J connectivity index is 0.000000338. The van der Waals surface area contributed by atoms with Crippen molar-refractivity contribution in [3.63, 3.8) is 0 Å². The summed E-state index contributed by atoms with van der Waals surface area (Å²) in [4.78, 5) is 19.1. The minimum Gasteiger partial charge on any atom is -0.305 e. The van der Waals surface area contributed by atoms with Crippen molar-refractivity contribution in [3.8, 4) is 80.4 Å². The number of aromatic nitrogens is 4. The number of hydrogen-bond acceptors (Lipinski definition) is 8. The van der Waals surface area contributed by atoms with Gasteiger partial charge in [0.25, 0.3) is 0 Å². The van der Waals surface area contributed by atoms with E-state index in [2.05, 4.69) is 211 Å². The van der Waals surface area contributed by atoms with Crippen LogP contribution in [0.15, 0.2) is 146 Å².